The summed E-state index contributed by atoms with van der Waals surface area (Å²) in [4.78, 5) is 70.2. The zero-order valence-corrected chi connectivity index (χ0v) is 25.5. The van der Waals surface area contributed by atoms with Gasteiger partial charge in [-0.2, -0.15) is 0 Å². The highest BCUT2D eigenvalue weighted by Gasteiger charge is 2.35. The highest BCUT2D eigenvalue weighted by atomic mass is 16.2. The van der Waals surface area contributed by atoms with E-state index in [0.717, 1.165) is 45.4 Å². The van der Waals surface area contributed by atoms with Crippen molar-refractivity contribution in [2.75, 3.05) is 65.4 Å². The summed E-state index contributed by atoms with van der Waals surface area (Å²) < 4.78 is 0. The highest BCUT2D eigenvalue weighted by Crippen LogP contribution is 2.15. The van der Waals surface area contributed by atoms with Crippen LogP contribution in [0.15, 0.2) is 0 Å². The minimum Gasteiger partial charge on any atom is -0.356 e. The molecule has 3 aliphatic heterocycles. The number of hydrogen-bond acceptors (Lipinski definition) is 8. The minimum atomic E-state index is -0.714. The second kappa shape index (κ2) is 16.2. The lowest BCUT2D eigenvalue weighted by molar-refractivity contribution is -0.147. The van der Waals surface area contributed by atoms with Gasteiger partial charge in [-0.15, -0.1) is 0 Å². The number of ketones is 1. The Kier molecular flexibility index (Phi) is 13.0. The molecule has 12 nitrogen and oxygen atoms in total. The van der Waals surface area contributed by atoms with Crippen molar-refractivity contribution in [3.05, 3.63) is 0 Å². The zero-order valence-electron chi connectivity index (χ0n) is 25.5. The summed E-state index contributed by atoms with van der Waals surface area (Å²) in [6.07, 6.45) is 3.89. The molecule has 3 heterocycles. The molecular formula is C29H51N7O5. The quantitative estimate of drug-likeness (QED) is 0.278. The van der Waals surface area contributed by atoms with Gasteiger partial charge < -0.3 is 15.5 Å². The van der Waals surface area contributed by atoms with E-state index >= 15 is 0 Å². The van der Waals surface area contributed by atoms with E-state index in [4.69, 9.17) is 0 Å². The molecule has 0 bridgehead atoms. The number of carbonyl (C=O) groups is 5. The standard InChI is InChI=1S/C29H51N7O5/c1-21(2)18-25(38)30-11-9-26(39)36-23(8-7-10-31-36)29(41)32-28(22(3)4)24(37)19-33-14-16-34(17-15-33)20-27(40)35-12-5-6-13-35/h21-23,28,31H,5-20H2,1-4H3,(H,30,38)(H,32,41). The van der Waals surface area contributed by atoms with Gasteiger partial charge in [0.05, 0.1) is 19.1 Å². The van der Waals surface area contributed by atoms with Gasteiger partial charge in [-0.25, -0.2) is 5.43 Å². The molecule has 3 rings (SSSR count). The van der Waals surface area contributed by atoms with Crippen molar-refractivity contribution in [2.24, 2.45) is 11.8 Å². The van der Waals surface area contributed by atoms with E-state index in [1.165, 1.54) is 5.01 Å². The number of Topliss-reactive ketones (excluding diaryl/α,β-unsaturated/α-hetero) is 1. The summed E-state index contributed by atoms with van der Waals surface area (Å²) in [7, 11) is 0. The fourth-order valence-corrected chi connectivity index (χ4v) is 5.67. The molecule has 2 atom stereocenters. The lowest BCUT2D eigenvalue weighted by Crippen LogP contribution is -2.61. The van der Waals surface area contributed by atoms with Crippen LogP contribution in [0.3, 0.4) is 0 Å². The number of piperazine rings is 1. The van der Waals surface area contributed by atoms with Crippen LogP contribution in [-0.2, 0) is 24.0 Å². The maximum atomic E-state index is 13.4. The van der Waals surface area contributed by atoms with Gasteiger partial charge in [-0.05, 0) is 37.5 Å². The fourth-order valence-electron chi connectivity index (χ4n) is 5.67. The van der Waals surface area contributed by atoms with Crippen LogP contribution in [0.2, 0.25) is 0 Å². The van der Waals surface area contributed by atoms with Crippen LogP contribution < -0.4 is 16.1 Å². The van der Waals surface area contributed by atoms with Gasteiger partial charge in [-0.1, -0.05) is 27.7 Å². The van der Waals surface area contributed by atoms with Gasteiger partial charge in [-0.3, -0.25) is 38.8 Å². The summed E-state index contributed by atoms with van der Waals surface area (Å²) in [6, 6.07) is -1.38. The van der Waals surface area contributed by atoms with E-state index < -0.39 is 12.1 Å². The van der Waals surface area contributed by atoms with E-state index in [-0.39, 0.29) is 60.8 Å². The number of likely N-dealkylation sites (tertiary alicyclic amines) is 1. The lowest BCUT2D eigenvalue weighted by Gasteiger charge is -2.37. The van der Waals surface area contributed by atoms with Crippen LogP contribution in [0, 0.1) is 11.8 Å². The van der Waals surface area contributed by atoms with Gasteiger partial charge in [0.1, 0.15) is 6.04 Å². The van der Waals surface area contributed by atoms with Crippen molar-refractivity contribution in [3.63, 3.8) is 0 Å². The van der Waals surface area contributed by atoms with Crippen LogP contribution >= 0.6 is 0 Å². The molecule has 4 amide bonds. The second-order valence-electron chi connectivity index (χ2n) is 12.4. The van der Waals surface area contributed by atoms with Gasteiger partial charge in [0, 0.05) is 65.2 Å². The molecule has 3 fully saturated rings. The number of carbonyl (C=O) groups excluding carboxylic acids is 5. The molecule has 3 saturated heterocycles. The first kappa shape index (κ1) is 32.9. The molecule has 0 spiro atoms. The summed E-state index contributed by atoms with van der Waals surface area (Å²) in [6.45, 7) is 13.8. The molecule has 0 aromatic rings. The van der Waals surface area contributed by atoms with Crippen molar-refractivity contribution in [1.29, 1.82) is 0 Å². The first-order valence-electron chi connectivity index (χ1n) is 15.4. The highest BCUT2D eigenvalue weighted by molar-refractivity contribution is 5.93. The number of nitrogens with zero attached hydrogens (tertiary/aromatic N) is 4. The molecule has 232 valence electrons. The summed E-state index contributed by atoms with van der Waals surface area (Å²) in [5.74, 6) is -0.430. The van der Waals surface area contributed by atoms with Gasteiger partial charge >= 0.3 is 0 Å². The molecule has 12 heteroatoms. The van der Waals surface area contributed by atoms with E-state index in [1.807, 2.05) is 32.6 Å². The number of hydrazine groups is 1. The summed E-state index contributed by atoms with van der Waals surface area (Å²) in [5.41, 5.74) is 3.04. The summed E-state index contributed by atoms with van der Waals surface area (Å²) in [5, 5.41) is 7.08. The largest absolute Gasteiger partial charge is 0.356 e. The second-order valence-corrected chi connectivity index (χ2v) is 12.4. The Bertz CT molecular complexity index is 913. The first-order chi connectivity index (χ1) is 19.5. The average molecular weight is 578 g/mol. The Balaban J connectivity index is 1.47. The maximum absolute atomic E-state index is 13.4. The fraction of sp³-hybridized carbons (Fsp3) is 0.828. The number of amides is 4. The predicted molar refractivity (Wildman–Crippen MR) is 155 cm³/mol. The van der Waals surface area contributed by atoms with Crippen LogP contribution in [0.1, 0.15) is 66.2 Å². The SMILES string of the molecule is CC(C)CC(=O)NCCC(=O)N1NCCCC1C(=O)NC(C(=O)CN1CCN(CC(=O)N2CCCC2)CC1)C(C)C. The Morgan fingerprint density at radius 2 is 1.46 bits per heavy atom. The Morgan fingerprint density at radius 1 is 0.829 bits per heavy atom. The third-order valence-corrected chi connectivity index (χ3v) is 8.05. The predicted octanol–water partition coefficient (Wildman–Crippen LogP) is -0.0157. The molecule has 0 aromatic carbocycles. The number of hydrogen-bond donors (Lipinski definition) is 3. The van der Waals surface area contributed by atoms with Gasteiger partial charge in [0.2, 0.25) is 23.6 Å². The molecule has 0 radical (unpaired) electrons. The Hall–Kier alpha value is -2.57. The molecule has 3 N–H and O–H groups in total. The smallest absolute Gasteiger partial charge is 0.245 e. The number of rotatable bonds is 13. The van der Waals surface area contributed by atoms with Crippen LogP contribution in [-0.4, -0.2) is 127 Å². The van der Waals surface area contributed by atoms with E-state index in [0.29, 0.717) is 39.0 Å². The maximum Gasteiger partial charge on any atom is 0.245 e. The molecule has 0 aromatic heterocycles. The van der Waals surface area contributed by atoms with Gasteiger partial charge in [0.15, 0.2) is 5.78 Å². The van der Waals surface area contributed by atoms with Crippen molar-refractivity contribution in [1.82, 2.24) is 35.8 Å². The third-order valence-electron chi connectivity index (χ3n) is 8.05. The third kappa shape index (κ3) is 10.3. The van der Waals surface area contributed by atoms with Crippen LogP contribution in [0.4, 0.5) is 0 Å². The normalized spacial score (nSPS) is 21.3. The first-order valence-corrected chi connectivity index (χ1v) is 15.4. The average Bonchev–Trinajstić information content (AvgIpc) is 3.47. The molecule has 0 aliphatic carbocycles. The van der Waals surface area contributed by atoms with Crippen LogP contribution in [0.25, 0.3) is 0 Å². The summed E-state index contributed by atoms with van der Waals surface area (Å²) >= 11 is 0. The molecular weight excluding hydrogens is 526 g/mol. The van der Waals surface area contributed by atoms with E-state index in [2.05, 4.69) is 25.9 Å². The van der Waals surface area contributed by atoms with Crippen molar-refractivity contribution >= 4 is 29.4 Å². The van der Waals surface area contributed by atoms with E-state index in [1.54, 1.807) is 0 Å². The molecule has 0 saturated carbocycles. The van der Waals surface area contributed by atoms with Crippen molar-refractivity contribution in [3.8, 4) is 0 Å². The van der Waals surface area contributed by atoms with Gasteiger partial charge in [0.25, 0.3) is 0 Å². The molecule has 2 unspecified atom stereocenters. The molecule has 41 heavy (non-hydrogen) atoms. The topological polar surface area (TPSA) is 134 Å². The zero-order chi connectivity index (χ0) is 29.9. The lowest BCUT2D eigenvalue weighted by atomic mass is 9.97. The van der Waals surface area contributed by atoms with Crippen LogP contribution in [0.5, 0.6) is 0 Å². The molecule has 3 aliphatic rings. The minimum absolute atomic E-state index is 0.0514. The Labute approximate surface area is 244 Å². The van der Waals surface area contributed by atoms with E-state index in [9.17, 15) is 24.0 Å². The van der Waals surface area contributed by atoms with Crippen molar-refractivity contribution in [2.45, 2.75) is 78.3 Å². The van der Waals surface area contributed by atoms with Crippen molar-refractivity contribution < 1.29 is 24.0 Å². The Morgan fingerprint density at radius 3 is 2.07 bits per heavy atom. The number of nitrogens with one attached hydrogen (secondary N) is 3. The monoisotopic (exact) mass is 577 g/mol.